The second-order valence-corrected chi connectivity index (χ2v) is 7.57. The molecule has 0 saturated carbocycles. The van der Waals surface area contributed by atoms with Crippen LogP contribution in [0.3, 0.4) is 0 Å². The number of thiazole rings is 1. The van der Waals surface area contributed by atoms with Crippen LogP contribution in [0.5, 0.6) is 0 Å². The molecule has 1 aliphatic heterocycles. The Morgan fingerprint density at radius 3 is 3.21 bits per heavy atom. The van der Waals surface area contributed by atoms with E-state index in [-0.39, 0.29) is 0 Å². The highest BCUT2D eigenvalue weighted by atomic mass is 32.1. The van der Waals surface area contributed by atoms with Gasteiger partial charge in [-0.3, -0.25) is 5.10 Å². The van der Waals surface area contributed by atoms with Crippen molar-refractivity contribution in [2.75, 3.05) is 24.5 Å². The van der Waals surface area contributed by atoms with E-state index in [0.29, 0.717) is 12.0 Å². The number of hydrogen-bond acceptors (Lipinski definition) is 6. The minimum atomic E-state index is 0.541. The molecule has 24 heavy (non-hydrogen) atoms. The Morgan fingerprint density at radius 2 is 2.33 bits per heavy atom. The molecule has 1 fully saturated rings. The van der Waals surface area contributed by atoms with Gasteiger partial charge >= 0.3 is 0 Å². The molecule has 0 amide bonds. The summed E-state index contributed by atoms with van der Waals surface area (Å²) in [5, 5.41) is 15.1. The average molecular weight is 342 g/mol. The number of pyridine rings is 1. The van der Waals surface area contributed by atoms with Gasteiger partial charge in [-0.25, -0.2) is 9.97 Å². The van der Waals surface area contributed by atoms with Crippen LogP contribution in [0.2, 0.25) is 0 Å². The fourth-order valence-corrected chi connectivity index (χ4v) is 4.13. The molecular weight excluding hydrogens is 320 g/mol. The quantitative estimate of drug-likeness (QED) is 0.763. The number of H-pyrrole nitrogens is 1. The van der Waals surface area contributed by atoms with Crippen LogP contribution in [0, 0.1) is 5.92 Å². The summed E-state index contributed by atoms with van der Waals surface area (Å²) >= 11 is 1.65. The minimum absolute atomic E-state index is 0.541. The summed E-state index contributed by atoms with van der Waals surface area (Å²) in [6.07, 6.45) is 2.97. The van der Waals surface area contributed by atoms with Gasteiger partial charge in [0.1, 0.15) is 16.5 Å². The molecule has 126 valence electrons. The number of anilines is 1. The van der Waals surface area contributed by atoms with Crippen molar-refractivity contribution in [1.29, 1.82) is 0 Å². The van der Waals surface area contributed by atoms with Crippen molar-refractivity contribution in [3.63, 3.8) is 0 Å². The molecule has 1 atom stereocenters. The lowest BCUT2D eigenvalue weighted by molar-refractivity contribution is 0.387. The molecule has 3 aromatic rings. The molecule has 3 aromatic heterocycles. The number of hydrogen-bond donors (Lipinski definition) is 2. The first kappa shape index (κ1) is 15.5. The molecule has 1 saturated heterocycles. The summed E-state index contributed by atoms with van der Waals surface area (Å²) in [6.45, 7) is 7.58. The van der Waals surface area contributed by atoms with Gasteiger partial charge < -0.3 is 10.2 Å². The summed E-state index contributed by atoms with van der Waals surface area (Å²) < 4.78 is 0. The lowest BCUT2D eigenvalue weighted by Gasteiger charge is -2.34. The highest BCUT2D eigenvalue weighted by Gasteiger charge is 2.22. The van der Waals surface area contributed by atoms with Crippen LogP contribution < -0.4 is 10.2 Å². The fraction of sp³-hybridized carbons (Fsp3) is 0.471. The maximum atomic E-state index is 4.85. The van der Waals surface area contributed by atoms with Crippen molar-refractivity contribution in [2.24, 2.45) is 5.92 Å². The van der Waals surface area contributed by atoms with Crippen molar-refractivity contribution in [3.8, 4) is 10.7 Å². The summed E-state index contributed by atoms with van der Waals surface area (Å²) in [5.74, 6) is 1.77. The minimum Gasteiger partial charge on any atom is -0.353 e. The molecule has 2 N–H and O–H groups in total. The lowest BCUT2D eigenvalue weighted by atomic mass is 10.0. The molecular formula is C17H22N6S. The van der Waals surface area contributed by atoms with Gasteiger partial charge in [-0.05, 0) is 24.5 Å². The number of fused-ring (bicyclic) bond motifs is 1. The van der Waals surface area contributed by atoms with Crippen molar-refractivity contribution in [3.05, 3.63) is 23.7 Å². The van der Waals surface area contributed by atoms with Crippen molar-refractivity contribution >= 4 is 28.2 Å². The van der Waals surface area contributed by atoms with Crippen molar-refractivity contribution in [2.45, 2.75) is 26.3 Å². The molecule has 7 heteroatoms. The third-order valence-corrected chi connectivity index (χ3v) is 5.20. The molecule has 0 radical (unpaired) electrons. The second kappa shape index (κ2) is 6.49. The Kier molecular flexibility index (Phi) is 4.20. The number of aromatic nitrogens is 4. The summed E-state index contributed by atoms with van der Waals surface area (Å²) in [4.78, 5) is 11.5. The van der Waals surface area contributed by atoms with Gasteiger partial charge in [0.25, 0.3) is 0 Å². The molecule has 0 spiro atoms. The number of nitrogens with zero attached hydrogens (tertiary/aromatic N) is 4. The van der Waals surface area contributed by atoms with Crippen LogP contribution in [-0.2, 0) is 0 Å². The number of nitrogens with one attached hydrogen (secondary N) is 2. The van der Waals surface area contributed by atoms with E-state index in [1.165, 1.54) is 6.42 Å². The normalized spacial score (nSPS) is 18.6. The Balaban J connectivity index is 1.56. The summed E-state index contributed by atoms with van der Waals surface area (Å²) in [6, 6.07) is 4.51. The highest BCUT2D eigenvalue weighted by molar-refractivity contribution is 7.13. The van der Waals surface area contributed by atoms with E-state index >= 15 is 0 Å². The van der Waals surface area contributed by atoms with Crippen LogP contribution in [-0.4, -0.2) is 45.8 Å². The van der Waals surface area contributed by atoms with Gasteiger partial charge in [-0.2, -0.15) is 5.10 Å². The van der Waals surface area contributed by atoms with E-state index < -0.39 is 0 Å². The first-order valence-corrected chi connectivity index (χ1v) is 9.32. The van der Waals surface area contributed by atoms with E-state index in [0.717, 1.165) is 47.2 Å². The van der Waals surface area contributed by atoms with Crippen LogP contribution in [0.25, 0.3) is 21.7 Å². The van der Waals surface area contributed by atoms with Gasteiger partial charge in [0, 0.05) is 42.6 Å². The van der Waals surface area contributed by atoms with Crippen LogP contribution in [0.15, 0.2) is 23.7 Å². The van der Waals surface area contributed by atoms with E-state index in [9.17, 15) is 0 Å². The zero-order chi connectivity index (χ0) is 16.5. The van der Waals surface area contributed by atoms with Crippen LogP contribution in [0.4, 0.5) is 5.82 Å². The number of aromatic amines is 1. The van der Waals surface area contributed by atoms with Gasteiger partial charge in [0.2, 0.25) is 0 Å². The van der Waals surface area contributed by atoms with Gasteiger partial charge in [0.15, 0.2) is 5.65 Å². The second-order valence-electron chi connectivity index (χ2n) is 6.71. The summed E-state index contributed by atoms with van der Waals surface area (Å²) in [7, 11) is 0. The number of rotatable bonds is 4. The molecule has 0 aliphatic carbocycles. The van der Waals surface area contributed by atoms with Gasteiger partial charge in [0.05, 0.1) is 0 Å². The van der Waals surface area contributed by atoms with E-state index in [4.69, 9.17) is 4.98 Å². The van der Waals surface area contributed by atoms with Gasteiger partial charge in [-0.15, -0.1) is 11.3 Å². The van der Waals surface area contributed by atoms with E-state index in [2.05, 4.69) is 44.6 Å². The topological polar surface area (TPSA) is 69.7 Å². The monoisotopic (exact) mass is 342 g/mol. The predicted octanol–water partition coefficient (Wildman–Crippen LogP) is 2.91. The molecule has 0 aromatic carbocycles. The Morgan fingerprint density at radius 1 is 1.42 bits per heavy atom. The fourth-order valence-electron chi connectivity index (χ4n) is 3.30. The maximum absolute atomic E-state index is 4.85. The Bertz CT molecular complexity index is 823. The number of piperazine rings is 1. The average Bonchev–Trinajstić information content (AvgIpc) is 3.21. The Labute approximate surface area is 145 Å². The smallest absolute Gasteiger partial charge is 0.155 e. The van der Waals surface area contributed by atoms with E-state index in [1.54, 1.807) is 17.5 Å². The molecule has 6 nitrogen and oxygen atoms in total. The summed E-state index contributed by atoms with van der Waals surface area (Å²) in [5.41, 5.74) is 1.70. The maximum Gasteiger partial charge on any atom is 0.155 e. The molecule has 4 rings (SSSR count). The zero-order valence-electron chi connectivity index (χ0n) is 14.0. The molecule has 1 aliphatic rings. The van der Waals surface area contributed by atoms with Crippen molar-refractivity contribution < 1.29 is 0 Å². The lowest BCUT2D eigenvalue weighted by Crippen LogP contribution is -2.51. The first-order chi connectivity index (χ1) is 11.7. The van der Waals surface area contributed by atoms with Gasteiger partial charge in [-0.1, -0.05) is 13.8 Å². The first-order valence-electron chi connectivity index (χ1n) is 8.44. The third kappa shape index (κ3) is 3.01. The predicted molar refractivity (Wildman–Crippen MR) is 98.5 cm³/mol. The molecule has 0 bridgehead atoms. The molecule has 0 unspecified atom stereocenters. The largest absolute Gasteiger partial charge is 0.353 e. The van der Waals surface area contributed by atoms with Crippen LogP contribution >= 0.6 is 11.3 Å². The van der Waals surface area contributed by atoms with Crippen LogP contribution in [0.1, 0.15) is 20.3 Å². The van der Waals surface area contributed by atoms with Crippen molar-refractivity contribution in [1.82, 2.24) is 25.5 Å². The highest BCUT2D eigenvalue weighted by Crippen LogP contribution is 2.31. The third-order valence-electron chi connectivity index (χ3n) is 4.37. The zero-order valence-corrected chi connectivity index (χ0v) is 14.8. The Hall–Kier alpha value is -1.99. The SMILES string of the molecule is CC(C)C[C@H]1CN(c2csc(-c3n[nH]c4ncccc34)n2)CCN1. The molecule has 4 heterocycles. The standard InChI is InChI=1S/C17H22N6S/c1-11(2)8-12-9-23(7-6-18-12)14-10-24-17(20-14)15-13-4-3-5-19-16(13)22-21-15/h3-5,10-12,18H,6-9H2,1-2H3,(H,19,21,22)/t12-/m0/s1. The van der Waals surface area contributed by atoms with E-state index in [1.807, 2.05) is 12.1 Å².